The third-order valence-electron chi connectivity index (χ3n) is 3.20. The number of carbonyl (C=O) groups excluding carboxylic acids is 1. The predicted octanol–water partition coefficient (Wildman–Crippen LogP) is 3.36. The van der Waals surface area contributed by atoms with Crippen molar-refractivity contribution in [1.29, 1.82) is 0 Å². The van der Waals surface area contributed by atoms with Gasteiger partial charge in [-0.25, -0.2) is 4.79 Å². The molecular weight excluding hydrogens is 308 g/mol. The number of ketones is 1. The minimum atomic E-state index is -1.26. The Morgan fingerprint density at radius 3 is 2.68 bits per heavy atom. The number of aromatic carboxylic acids is 1. The van der Waals surface area contributed by atoms with Crippen molar-refractivity contribution in [3.05, 3.63) is 63.9 Å². The van der Waals surface area contributed by atoms with Crippen LogP contribution in [0.4, 0.5) is 0 Å². The monoisotopic (exact) mass is 316 g/mol. The minimum absolute atomic E-state index is 0.0464. The van der Waals surface area contributed by atoms with Crippen molar-refractivity contribution in [2.24, 2.45) is 0 Å². The summed E-state index contributed by atoms with van der Waals surface area (Å²) in [5.74, 6) is -1.60. The van der Waals surface area contributed by atoms with E-state index in [2.05, 4.69) is 0 Å². The van der Waals surface area contributed by atoms with Crippen molar-refractivity contribution in [3.63, 3.8) is 0 Å². The second-order valence-electron chi connectivity index (χ2n) is 4.64. The van der Waals surface area contributed by atoms with Crippen LogP contribution in [0.2, 0.25) is 5.02 Å². The highest BCUT2D eigenvalue weighted by atomic mass is 35.5. The SMILES string of the molecule is O=C(O)c1cc(/C=C2\Oc3c(Cl)cccc3C2=O)ccc1O. The van der Waals surface area contributed by atoms with Gasteiger partial charge < -0.3 is 14.9 Å². The van der Waals surface area contributed by atoms with Crippen LogP contribution in [0.1, 0.15) is 26.3 Å². The summed E-state index contributed by atoms with van der Waals surface area (Å²) in [6, 6.07) is 8.84. The first-order chi connectivity index (χ1) is 10.5. The molecule has 0 saturated heterocycles. The van der Waals surface area contributed by atoms with E-state index in [-0.39, 0.29) is 28.6 Å². The molecule has 5 nitrogen and oxygen atoms in total. The predicted molar refractivity (Wildman–Crippen MR) is 79.5 cm³/mol. The Labute approximate surface area is 130 Å². The maximum atomic E-state index is 12.2. The van der Waals surface area contributed by atoms with E-state index in [1.54, 1.807) is 18.2 Å². The van der Waals surface area contributed by atoms with E-state index in [1.807, 2.05) is 0 Å². The molecule has 0 amide bonds. The standard InChI is InChI=1S/C16H9ClO5/c17-11-3-1-2-9-14(19)13(22-15(9)11)7-8-4-5-12(18)10(6-8)16(20)21/h1-7,18H,(H,20,21)/b13-7-. The van der Waals surface area contributed by atoms with Gasteiger partial charge in [0.1, 0.15) is 11.3 Å². The average molecular weight is 317 g/mol. The molecule has 1 heterocycles. The molecule has 0 radical (unpaired) electrons. The number of allylic oxidation sites excluding steroid dienone is 1. The van der Waals surface area contributed by atoms with E-state index in [4.69, 9.17) is 21.4 Å². The molecule has 0 spiro atoms. The Balaban J connectivity index is 2.02. The van der Waals surface area contributed by atoms with Gasteiger partial charge in [0.2, 0.25) is 5.78 Å². The molecule has 0 bridgehead atoms. The second kappa shape index (κ2) is 5.20. The molecule has 6 heteroatoms. The summed E-state index contributed by atoms with van der Waals surface area (Å²) in [5.41, 5.74) is 0.522. The van der Waals surface area contributed by atoms with Gasteiger partial charge in [0.15, 0.2) is 11.5 Å². The van der Waals surface area contributed by atoms with Crippen LogP contribution in [0.25, 0.3) is 6.08 Å². The maximum Gasteiger partial charge on any atom is 0.339 e. The molecule has 0 saturated carbocycles. The van der Waals surface area contributed by atoms with Gasteiger partial charge in [-0.2, -0.15) is 0 Å². The van der Waals surface area contributed by atoms with Crippen LogP contribution in [0.15, 0.2) is 42.2 Å². The third kappa shape index (κ3) is 2.31. The summed E-state index contributed by atoms with van der Waals surface area (Å²) in [7, 11) is 0. The summed E-state index contributed by atoms with van der Waals surface area (Å²) in [6.45, 7) is 0. The molecule has 22 heavy (non-hydrogen) atoms. The highest BCUT2D eigenvalue weighted by molar-refractivity contribution is 6.33. The lowest BCUT2D eigenvalue weighted by Gasteiger charge is -2.02. The fourth-order valence-electron chi connectivity index (χ4n) is 2.14. The summed E-state index contributed by atoms with van der Waals surface area (Å²) >= 11 is 5.98. The number of hydrogen-bond donors (Lipinski definition) is 2. The first kappa shape index (κ1) is 14.2. The molecule has 0 aromatic heterocycles. The van der Waals surface area contributed by atoms with Crippen molar-refractivity contribution >= 4 is 29.4 Å². The van der Waals surface area contributed by atoms with Gasteiger partial charge in [0.05, 0.1) is 10.6 Å². The number of hydrogen-bond acceptors (Lipinski definition) is 4. The molecule has 0 fully saturated rings. The number of carbonyl (C=O) groups is 2. The highest BCUT2D eigenvalue weighted by Crippen LogP contribution is 2.37. The summed E-state index contributed by atoms with van der Waals surface area (Å²) < 4.78 is 5.45. The molecule has 1 aliphatic rings. The number of benzene rings is 2. The van der Waals surface area contributed by atoms with E-state index in [9.17, 15) is 14.7 Å². The molecular formula is C16H9ClO5. The van der Waals surface area contributed by atoms with Crippen molar-refractivity contribution in [3.8, 4) is 11.5 Å². The molecule has 110 valence electrons. The topological polar surface area (TPSA) is 83.8 Å². The molecule has 2 aromatic carbocycles. The van der Waals surface area contributed by atoms with Gasteiger partial charge in [-0.05, 0) is 35.9 Å². The molecule has 0 unspecified atom stereocenters. The van der Waals surface area contributed by atoms with E-state index in [0.29, 0.717) is 16.1 Å². The first-order valence-electron chi connectivity index (χ1n) is 6.26. The van der Waals surface area contributed by atoms with Crippen LogP contribution >= 0.6 is 11.6 Å². The summed E-state index contributed by atoms with van der Waals surface area (Å²) in [6.07, 6.45) is 1.41. The first-order valence-corrected chi connectivity index (χ1v) is 6.64. The lowest BCUT2D eigenvalue weighted by Crippen LogP contribution is -2.00. The van der Waals surface area contributed by atoms with Crippen LogP contribution in [0.5, 0.6) is 11.5 Å². The Hall–Kier alpha value is -2.79. The zero-order valence-corrected chi connectivity index (χ0v) is 11.8. The highest BCUT2D eigenvalue weighted by Gasteiger charge is 2.29. The lowest BCUT2D eigenvalue weighted by molar-refractivity contribution is 0.0693. The Morgan fingerprint density at radius 1 is 1.23 bits per heavy atom. The molecule has 0 aliphatic carbocycles. The van der Waals surface area contributed by atoms with Gasteiger partial charge >= 0.3 is 5.97 Å². The number of phenols is 1. The van der Waals surface area contributed by atoms with Gasteiger partial charge in [-0.15, -0.1) is 0 Å². The number of ether oxygens (including phenoxy) is 1. The van der Waals surface area contributed by atoms with Crippen molar-refractivity contribution in [2.45, 2.75) is 0 Å². The van der Waals surface area contributed by atoms with E-state index in [0.717, 1.165) is 0 Å². The van der Waals surface area contributed by atoms with E-state index in [1.165, 1.54) is 24.3 Å². The van der Waals surface area contributed by atoms with Crippen LogP contribution in [-0.4, -0.2) is 22.0 Å². The maximum absolute atomic E-state index is 12.2. The van der Waals surface area contributed by atoms with Crippen molar-refractivity contribution in [1.82, 2.24) is 0 Å². The Morgan fingerprint density at radius 2 is 2.00 bits per heavy atom. The van der Waals surface area contributed by atoms with Crippen molar-refractivity contribution in [2.75, 3.05) is 0 Å². The van der Waals surface area contributed by atoms with Gasteiger partial charge in [0, 0.05) is 0 Å². The number of rotatable bonds is 2. The van der Waals surface area contributed by atoms with Gasteiger partial charge in [0.25, 0.3) is 0 Å². The second-order valence-corrected chi connectivity index (χ2v) is 5.05. The number of aromatic hydroxyl groups is 1. The summed E-state index contributed by atoms with van der Waals surface area (Å²) in [4.78, 5) is 23.2. The Bertz CT molecular complexity index is 838. The fraction of sp³-hybridized carbons (Fsp3) is 0. The number of carboxylic acids is 1. The van der Waals surface area contributed by atoms with Crippen molar-refractivity contribution < 1.29 is 24.5 Å². The van der Waals surface area contributed by atoms with E-state index >= 15 is 0 Å². The number of halogens is 1. The zero-order chi connectivity index (χ0) is 15.9. The van der Waals surface area contributed by atoms with Gasteiger partial charge in [-0.1, -0.05) is 23.7 Å². The molecule has 2 N–H and O–H groups in total. The fourth-order valence-corrected chi connectivity index (χ4v) is 2.35. The smallest absolute Gasteiger partial charge is 0.339 e. The minimum Gasteiger partial charge on any atom is -0.507 e. The van der Waals surface area contributed by atoms with Crippen LogP contribution < -0.4 is 4.74 Å². The lowest BCUT2D eigenvalue weighted by atomic mass is 10.1. The molecule has 0 atom stereocenters. The van der Waals surface area contributed by atoms with Crippen LogP contribution in [0, 0.1) is 0 Å². The van der Waals surface area contributed by atoms with Gasteiger partial charge in [-0.3, -0.25) is 4.79 Å². The Kier molecular flexibility index (Phi) is 3.35. The molecule has 3 rings (SSSR count). The number of carboxylic acid groups (broad SMARTS) is 1. The van der Waals surface area contributed by atoms with Crippen LogP contribution in [-0.2, 0) is 0 Å². The molecule has 2 aromatic rings. The average Bonchev–Trinajstić information content (AvgIpc) is 2.79. The van der Waals surface area contributed by atoms with Crippen LogP contribution in [0.3, 0.4) is 0 Å². The normalized spacial score (nSPS) is 14.8. The van der Waals surface area contributed by atoms with E-state index < -0.39 is 5.97 Å². The molecule has 1 aliphatic heterocycles. The third-order valence-corrected chi connectivity index (χ3v) is 3.49. The number of Topliss-reactive ketones (excluding diaryl/α,β-unsaturated/α-hetero) is 1. The zero-order valence-electron chi connectivity index (χ0n) is 11.0. The number of para-hydroxylation sites is 1. The largest absolute Gasteiger partial charge is 0.507 e. The quantitative estimate of drug-likeness (QED) is 0.830. The summed E-state index contributed by atoms with van der Waals surface area (Å²) in [5, 5.41) is 18.8. The number of fused-ring (bicyclic) bond motifs is 1.